The maximum absolute atomic E-state index is 10.6. The number of benzene rings is 2. The van der Waals surface area contributed by atoms with Gasteiger partial charge in [-0.25, -0.2) is 14.8 Å². The number of halogens is 3. The van der Waals surface area contributed by atoms with Crippen molar-refractivity contribution in [2.24, 2.45) is 0 Å². The van der Waals surface area contributed by atoms with Gasteiger partial charge in [-0.2, -0.15) is 13.2 Å². The van der Waals surface area contributed by atoms with Gasteiger partial charge in [-0.15, -0.1) is 11.3 Å². The van der Waals surface area contributed by atoms with Gasteiger partial charge in [0.1, 0.15) is 12.1 Å². The molecule has 0 unspecified atom stereocenters. The highest BCUT2D eigenvalue weighted by atomic mass is 32.1. The molecular formula is C22H18F3N3O3S. The molecule has 166 valence electrons. The van der Waals surface area contributed by atoms with Crippen LogP contribution in [-0.4, -0.2) is 38.9 Å². The minimum atomic E-state index is -5.08. The first-order valence-corrected chi connectivity index (χ1v) is 10.2. The third kappa shape index (κ3) is 6.25. The summed E-state index contributed by atoms with van der Waals surface area (Å²) >= 11 is 1.73. The van der Waals surface area contributed by atoms with Gasteiger partial charge < -0.3 is 15.5 Å². The Morgan fingerprint density at radius 1 is 1.06 bits per heavy atom. The van der Waals surface area contributed by atoms with Gasteiger partial charge in [0.15, 0.2) is 0 Å². The fraction of sp³-hybridized carbons (Fsp3) is 0.136. The van der Waals surface area contributed by atoms with Crippen LogP contribution in [0.3, 0.4) is 0 Å². The number of anilines is 1. The Morgan fingerprint density at radius 3 is 2.47 bits per heavy atom. The number of rotatable bonds is 5. The van der Waals surface area contributed by atoms with Crippen LogP contribution in [0.15, 0.2) is 72.4 Å². The molecular weight excluding hydrogens is 443 g/mol. The lowest BCUT2D eigenvalue weighted by Crippen LogP contribution is -2.21. The molecule has 2 aromatic heterocycles. The number of aliphatic carboxylic acids is 1. The van der Waals surface area contributed by atoms with Gasteiger partial charge in [0.05, 0.1) is 11.8 Å². The highest BCUT2D eigenvalue weighted by Crippen LogP contribution is 2.27. The van der Waals surface area contributed by atoms with E-state index in [1.54, 1.807) is 17.7 Å². The maximum Gasteiger partial charge on any atom is 0.490 e. The number of hydrogen-bond donors (Lipinski definition) is 3. The molecule has 2 heterocycles. The highest BCUT2D eigenvalue weighted by Gasteiger charge is 2.38. The molecule has 0 aliphatic carbocycles. The van der Waals surface area contributed by atoms with Gasteiger partial charge in [0.25, 0.3) is 0 Å². The van der Waals surface area contributed by atoms with Crippen LogP contribution in [-0.2, 0) is 4.79 Å². The number of thiophene rings is 1. The summed E-state index contributed by atoms with van der Waals surface area (Å²) in [5.41, 5.74) is 2.80. The molecule has 6 nitrogen and oxygen atoms in total. The predicted octanol–water partition coefficient (Wildman–Crippen LogP) is 5.14. The summed E-state index contributed by atoms with van der Waals surface area (Å²) in [5, 5.41) is 23.9. The van der Waals surface area contributed by atoms with Crippen LogP contribution in [0.5, 0.6) is 0 Å². The van der Waals surface area contributed by atoms with Gasteiger partial charge in [0.2, 0.25) is 0 Å². The quantitative estimate of drug-likeness (QED) is 0.381. The molecule has 0 saturated carbocycles. The monoisotopic (exact) mass is 461 g/mol. The van der Waals surface area contributed by atoms with E-state index in [-0.39, 0.29) is 0 Å². The summed E-state index contributed by atoms with van der Waals surface area (Å²) in [5.74, 6) is -2.06. The number of nitrogens with one attached hydrogen (secondary N) is 1. The number of aromatic nitrogens is 2. The van der Waals surface area contributed by atoms with E-state index in [1.807, 2.05) is 36.4 Å². The first-order chi connectivity index (χ1) is 15.2. The minimum absolute atomic E-state index is 0.393. The Bertz CT molecular complexity index is 1180. The number of carbonyl (C=O) groups is 1. The van der Waals surface area contributed by atoms with E-state index in [4.69, 9.17) is 9.90 Å². The molecule has 1 atom stereocenters. The minimum Gasteiger partial charge on any atom is -0.475 e. The van der Waals surface area contributed by atoms with Gasteiger partial charge in [-0.1, -0.05) is 36.4 Å². The van der Waals surface area contributed by atoms with Crippen LogP contribution in [0.4, 0.5) is 19.0 Å². The molecule has 4 rings (SSSR count). The average Bonchev–Trinajstić information content (AvgIpc) is 3.26. The van der Waals surface area contributed by atoms with Crippen molar-refractivity contribution in [3.8, 4) is 11.3 Å². The molecule has 4 aromatic rings. The van der Waals surface area contributed by atoms with E-state index < -0.39 is 18.2 Å². The largest absolute Gasteiger partial charge is 0.490 e. The van der Waals surface area contributed by atoms with Crippen molar-refractivity contribution in [1.82, 2.24) is 9.97 Å². The Labute approximate surface area is 185 Å². The normalized spacial score (nSPS) is 12.0. The summed E-state index contributed by atoms with van der Waals surface area (Å²) in [6.07, 6.45) is -4.12. The van der Waals surface area contributed by atoms with Crippen LogP contribution in [0, 0.1) is 0 Å². The van der Waals surface area contributed by atoms with Crippen LogP contribution in [0.1, 0.15) is 11.7 Å². The first kappa shape index (κ1) is 23.2. The van der Waals surface area contributed by atoms with Crippen molar-refractivity contribution in [2.75, 3.05) is 11.9 Å². The number of carboxylic acids is 1. The third-order valence-corrected chi connectivity index (χ3v) is 5.22. The van der Waals surface area contributed by atoms with E-state index >= 15 is 0 Å². The second-order valence-electron chi connectivity index (χ2n) is 6.57. The zero-order valence-corrected chi connectivity index (χ0v) is 17.3. The topological polar surface area (TPSA) is 95.3 Å². The maximum atomic E-state index is 10.6. The number of nitrogens with zero attached hydrogens (tertiary/aromatic N) is 2. The Kier molecular flexibility index (Phi) is 7.39. The number of hydrogen-bond acceptors (Lipinski definition) is 6. The number of carboxylic acid groups (broad SMARTS) is 1. The summed E-state index contributed by atoms with van der Waals surface area (Å²) in [6, 6.07) is 19.9. The summed E-state index contributed by atoms with van der Waals surface area (Å²) in [7, 11) is 0. The van der Waals surface area contributed by atoms with Crippen molar-refractivity contribution < 1.29 is 28.2 Å². The summed E-state index contributed by atoms with van der Waals surface area (Å²) < 4.78 is 33.0. The predicted molar refractivity (Wildman–Crippen MR) is 116 cm³/mol. The SMILES string of the molecule is O=C(O)C(F)(F)F.O[C@@H](CNc1cc(-c2ccc3sccc3c2)ncn1)c1ccccc1. The smallest absolute Gasteiger partial charge is 0.475 e. The molecule has 2 aromatic carbocycles. The lowest BCUT2D eigenvalue weighted by Gasteiger charge is -2.13. The van der Waals surface area contributed by atoms with E-state index in [2.05, 4.69) is 44.9 Å². The zero-order valence-electron chi connectivity index (χ0n) is 16.5. The van der Waals surface area contributed by atoms with Crippen molar-refractivity contribution in [3.63, 3.8) is 0 Å². The lowest BCUT2D eigenvalue weighted by molar-refractivity contribution is -0.192. The lowest BCUT2D eigenvalue weighted by atomic mass is 10.1. The van der Waals surface area contributed by atoms with Gasteiger partial charge >= 0.3 is 12.1 Å². The molecule has 0 fully saturated rings. The molecule has 0 bridgehead atoms. The molecule has 3 N–H and O–H groups in total. The molecule has 0 radical (unpaired) electrons. The summed E-state index contributed by atoms with van der Waals surface area (Å²) in [4.78, 5) is 17.5. The summed E-state index contributed by atoms with van der Waals surface area (Å²) in [6.45, 7) is 0.393. The van der Waals surface area contributed by atoms with E-state index in [0.29, 0.717) is 12.4 Å². The number of aliphatic hydroxyl groups is 1. The van der Waals surface area contributed by atoms with E-state index in [1.165, 1.54) is 10.1 Å². The van der Waals surface area contributed by atoms with Gasteiger partial charge in [-0.3, -0.25) is 0 Å². The van der Waals surface area contributed by atoms with Crippen LogP contribution < -0.4 is 5.32 Å². The van der Waals surface area contributed by atoms with Crippen molar-refractivity contribution >= 4 is 33.2 Å². The molecule has 0 aliphatic heterocycles. The second-order valence-corrected chi connectivity index (χ2v) is 7.52. The van der Waals surface area contributed by atoms with Crippen LogP contribution in [0.2, 0.25) is 0 Å². The van der Waals surface area contributed by atoms with Crippen molar-refractivity contribution in [2.45, 2.75) is 12.3 Å². The number of alkyl halides is 3. The molecule has 0 saturated heterocycles. The van der Waals surface area contributed by atoms with Crippen LogP contribution in [0.25, 0.3) is 21.3 Å². The standard InChI is InChI=1S/C20H17N3OS.C2HF3O2/c24-18(14-4-2-1-3-5-14)12-21-20-11-17(22-13-23-20)15-6-7-19-16(10-15)8-9-25-19;3-2(4,5)1(6)7/h1-11,13,18,24H,12H2,(H,21,22,23);(H,6,7)/t18-;/m0./s1. The number of fused-ring (bicyclic) bond motifs is 1. The Hall–Kier alpha value is -3.50. The van der Waals surface area contributed by atoms with Crippen LogP contribution >= 0.6 is 11.3 Å². The number of aliphatic hydroxyl groups excluding tert-OH is 1. The molecule has 0 amide bonds. The van der Waals surface area contributed by atoms with Gasteiger partial charge in [-0.05, 0) is 34.5 Å². The Morgan fingerprint density at radius 2 is 1.78 bits per heavy atom. The van der Waals surface area contributed by atoms with Crippen molar-refractivity contribution in [1.29, 1.82) is 0 Å². The fourth-order valence-electron chi connectivity index (χ4n) is 2.73. The highest BCUT2D eigenvalue weighted by molar-refractivity contribution is 7.17. The Balaban J connectivity index is 0.000000360. The molecule has 0 spiro atoms. The second kappa shape index (κ2) is 10.2. The van der Waals surface area contributed by atoms with E-state index in [0.717, 1.165) is 16.8 Å². The molecule has 10 heteroatoms. The van der Waals surface area contributed by atoms with Crippen molar-refractivity contribution in [3.05, 3.63) is 77.9 Å². The average molecular weight is 461 g/mol. The fourth-order valence-corrected chi connectivity index (χ4v) is 3.50. The first-order valence-electron chi connectivity index (χ1n) is 9.30. The molecule has 0 aliphatic rings. The zero-order chi connectivity index (χ0) is 23.1. The van der Waals surface area contributed by atoms with Gasteiger partial charge in [0, 0.05) is 22.9 Å². The molecule has 32 heavy (non-hydrogen) atoms. The third-order valence-electron chi connectivity index (χ3n) is 4.32. The van der Waals surface area contributed by atoms with E-state index in [9.17, 15) is 18.3 Å².